The molecule has 1 atom stereocenters. The molecule has 4 rings (SSSR count). The molecule has 2 N–H and O–H groups in total. The smallest absolute Gasteiger partial charge is 0.416 e. The number of imidazole rings is 1. The largest absolute Gasteiger partial charge is 0.497 e. The number of anilines is 1. The van der Waals surface area contributed by atoms with Crippen LogP contribution < -0.4 is 10.5 Å². The Morgan fingerprint density at radius 3 is 2.43 bits per heavy atom. The lowest BCUT2D eigenvalue weighted by atomic mass is 9.89. The topological polar surface area (TPSA) is 53.1 Å². The highest BCUT2D eigenvalue weighted by Gasteiger charge is 2.30. The van der Waals surface area contributed by atoms with Crippen LogP contribution in [0.15, 0.2) is 72.9 Å². The first-order chi connectivity index (χ1) is 16.6. The molecular weight excluding hydrogens is 498 g/mol. The van der Waals surface area contributed by atoms with Crippen molar-refractivity contribution in [1.29, 1.82) is 0 Å². The number of hydrogen-bond donors (Lipinski definition) is 1. The predicted octanol–water partition coefficient (Wildman–Crippen LogP) is 7.22. The minimum absolute atomic E-state index is 0.153. The van der Waals surface area contributed by atoms with E-state index in [1.165, 1.54) is 6.07 Å². The predicted molar refractivity (Wildman–Crippen MR) is 132 cm³/mol. The maximum absolute atomic E-state index is 13.1. The van der Waals surface area contributed by atoms with Gasteiger partial charge in [-0.25, -0.2) is 4.98 Å². The van der Waals surface area contributed by atoms with Crippen LogP contribution in [0.2, 0.25) is 10.0 Å². The fraction of sp³-hybridized carbons (Fsp3) is 0.192. The number of nitrogens with two attached hydrogens (primary N) is 1. The third kappa shape index (κ3) is 5.92. The number of nitrogens with zero attached hydrogens (tertiary/aromatic N) is 2. The van der Waals surface area contributed by atoms with Crippen molar-refractivity contribution in [3.05, 3.63) is 111 Å². The van der Waals surface area contributed by atoms with E-state index >= 15 is 0 Å². The maximum atomic E-state index is 13.1. The monoisotopic (exact) mass is 519 g/mol. The molecule has 1 unspecified atom stereocenters. The zero-order valence-electron chi connectivity index (χ0n) is 18.7. The molecule has 0 amide bonds. The van der Waals surface area contributed by atoms with Crippen LogP contribution in [0.5, 0.6) is 5.75 Å². The fourth-order valence-corrected chi connectivity index (χ4v) is 4.41. The summed E-state index contributed by atoms with van der Waals surface area (Å²) in [7, 11) is 1.59. The number of aromatic nitrogens is 2. The summed E-state index contributed by atoms with van der Waals surface area (Å²) in [5.74, 6) is 0.703. The van der Waals surface area contributed by atoms with Gasteiger partial charge in [0.05, 0.1) is 24.9 Å². The van der Waals surface area contributed by atoms with Gasteiger partial charge < -0.3 is 15.0 Å². The highest BCUT2D eigenvalue weighted by atomic mass is 35.5. The van der Waals surface area contributed by atoms with E-state index in [4.69, 9.17) is 33.7 Å². The molecule has 1 heterocycles. The Morgan fingerprint density at radius 2 is 1.77 bits per heavy atom. The van der Waals surface area contributed by atoms with Crippen molar-refractivity contribution >= 4 is 29.2 Å². The average Bonchev–Trinajstić information content (AvgIpc) is 3.18. The van der Waals surface area contributed by atoms with E-state index in [0.29, 0.717) is 33.5 Å². The summed E-state index contributed by atoms with van der Waals surface area (Å²) < 4.78 is 46.3. The third-order valence-corrected chi connectivity index (χ3v) is 6.33. The van der Waals surface area contributed by atoms with Crippen molar-refractivity contribution in [1.82, 2.24) is 9.55 Å². The van der Waals surface area contributed by atoms with Crippen LogP contribution in [0, 0.1) is 0 Å². The van der Waals surface area contributed by atoms with Crippen molar-refractivity contribution < 1.29 is 17.9 Å². The van der Waals surface area contributed by atoms with Crippen LogP contribution >= 0.6 is 23.2 Å². The lowest BCUT2D eigenvalue weighted by Crippen LogP contribution is -2.08. The van der Waals surface area contributed by atoms with Gasteiger partial charge in [-0.15, -0.1) is 0 Å². The van der Waals surface area contributed by atoms with Crippen molar-refractivity contribution in [2.45, 2.75) is 25.1 Å². The molecule has 0 saturated carbocycles. The number of ether oxygens (including phenoxy) is 1. The molecule has 0 bridgehead atoms. The van der Waals surface area contributed by atoms with Crippen molar-refractivity contribution in [2.24, 2.45) is 0 Å². The average molecular weight is 520 g/mol. The number of methoxy groups -OCH3 is 1. The molecule has 0 aliphatic heterocycles. The summed E-state index contributed by atoms with van der Waals surface area (Å²) in [5.41, 5.74) is 8.46. The molecule has 1 aromatic heterocycles. The second kappa shape index (κ2) is 10.2. The first-order valence-electron chi connectivity index (χ1n) is 10.7. The van der Waals surface area contributed by atoms with E-state index in [2.05, 4.69) is 4.98 Å². The van der Waals surface area contributed by atoms with E-state index in [0.717, 1.165) is 23.3 Å². The van der Waals surface area contributed by atoms with Crippen LogP contribution in [0.4, 0.5) is 19.1 Å². The zero-order chi connectivity index (χ0) is 25.2. The molecule has 0 fully saturated rings. The summed E-state index contributed by atoms with van der Waals surface area (Å²) in [4.78, 5) is 4.56. The number of rotatable bonds is 7. The molecule has 9 heteroatoms. The number of alkyl halides is 3. The molecule has 0 saturated heterocycles. The Labute approximate surface area is 211 Å². The van der Waals surface area contributed by atoms with E-state index in [1.807, 2.05) is 30.3 Å². The van der Waals surface area contributed by atoms with Gasteiger partial charge in [0.2, 0.25) is 5.95 Å². The van der Waals surface area contributed by atoms with Gasteiger partial charge in [-0.05, 0) is 59.5 Å². The number of hydrogen-bond acceptors (Lipinski definition) is 3. The highest BCUT2D eigenvalue weighted by molar-refractivity contribution is 6.35. The molecule has 0 radical (unpaired) electrons. The summed E-state index contributed by atoms with van der Waals surface area (Å²) in [5, 5.41) is 1.07. The standard InChI is InChI=1S/C26H22Cl2F3N3O/c1-35-21-9-6-17(7-10-21)22(12-18-5-8-20(27)13-23(18)28)24-15-34(25(32)33-24)14-16-3-2-4-19(11-16)26(29,30)31/h2-11,13,15,22H,12,14H2,1H3,(H2,32,33). The minimum Gasteiger partial charge on any atom is -0.497 e. The van der Waals surface area contributed by atoms with Gasteiger partial charge in [0.15, 0.2) is 0 Å². The molecule has 35 heavy (non-hydrogen) atoms. The van der Waals surface area contributed by atoms with Crippen LogP contribution in [0.1, 0.15) is 33.9 Å². The van der Waals surface area contributed by atoms with Gasteiger partial charge in [0.25, 0.3) is 0 Å². The van der Waals surface area contributed by atoms with E-state index in [9.17, 15) is 13.2 Å². The van der Waals surface area contributed by atoms with Crippen LogP contribution in [0.25, 0.3) is 0 Å². The first kappa shape index (κ1) is 24.9. The molecule has 4 aromatic rings. The first-order valence-corrected chi connectivity index (χ1v) is 11.5. The summed E-state index contributed by atoms with van der Waals surface area (Å²) in [6, 6.07) is 18.1. The molecule has 182 valence electrons. The Hall–Kier alpha value is -3.16. The maximum Gasteiger partial charge on any atom is 0.416 e. The van der Waals surface area contributed by atoms with Crippen LogP contribution in [0.3, 0.4) is 0 Å². The quantitative estimate of drug-likeness (QED) is 0.280. The Morgan fingerprint density at radius 1 is 1.03 bits per heavy atom. The number of halogens is 5. The molecule has 3 aromatic carbocycles. The van der Waals surface area contributed by atoms with E-state index in [1.54, 1.807) is 36.1 Å². The van der Waals surface area contributed by atoms with Gasteiger partial charge >= 0.3 is 6.18 Å². The zero-order valence-corrected chi connectivity index (χ0v) is 20.2. The summed E-state index contributed by atoms with van der Waals surface area (Å²) in [6.45, 7) is 0.153. The SMILES string of the molecule is COc1ccc(C(Cc2ccc(Cl)cc2Cl)c2cn(Cc3cccc(C(F)(F)F)c3)c(N)n2)cc1. The van der Waals surface area contributed by atoms with Crippen molar-refractivity contribution in [2.75, 3.05) is 12.8 Å². The normalized spacial score (nSPS) is 12.5. The Balaban J connectivity index is 1.69. The lowest BCUT2D eigenvalue weighted by molar-refractivity contribution is -0.137. The lowest BCUT2D eigenvalue weighted by Gasteiger charge is -2.17. The van der Waals surface area contributed by atoms with E-state index < -0.39 is 11.7 Å². The minimum atomic E-state index is -4.42. The Bertz CT molecular complexity index is 1320. The molecule has 0 aliphatic carbocycles. The van der Waals surface area contributed by atoms with Gasteiger partial charge in [-0.2, -0.15) is 13.2 Å². The highest BCUT2D eigenvalue weighted by Crippen LogP contribution is 2.34. The number of benzene rings is 3. The molecular formula is C26H22Cl2F3N3O. The van der Waals surface area contributed by atoms with E-state index in [-0.39, 0.29) is 18.4 Å². The van der Waals surface area contributed by atoms with Crippen molar-refractivity contribution in [3.8, 4) is 5.75 Å². The fourth-order valence-electron chi connectivity index (χ4n) is 3.92. The summed E-state index contributed by atoms with van der Waals surface area (Å²) >= 11 is 12.5. The van der Waals surface area contributed by atoms with Crippen molar-refractivity contribution in [3.63, 3.8) is 0 Å². The Kier molecular flexibility index (Phi) is 7.28. The van der Waals surface area contributed by atoms with Gasteiger partial charge in [-0.3, -0.25) is 0 Å². The molecule has 0 spiro atoms. The van der Waals surface area contributed by atoms with Gasteiger partial charge in [0, 0.05) is 22.2 Å². The second-order valence-electron chi connectivity index (χ2n) is 8.12. The second-order valence-corrected chi connectivity index (χ2v) is 8.96. The van der Waals surface area contributed by atoms with Crippen LogP contribution in [-0.2, 0) is 19.1 Å². The van der Waals surface area contributed by atoms with Gasteiger partial charge in [-0.1, -0.05) is 53.5 Å². The molecule has 0 aliphatic rings. The molecule has 4 nitrogen and oxygen atoms in total. The summed E-state index contributed by atoms with van der Waals surface area (Å²) in [6.07, 6.45) is -2.13. The number of nitrogen functional groups attached to an aromatic ring is 1. The van der Waals surface area contributed by atoms with Gasteiger partial charge in [0.1, 0.15) is 5.75 Å². The third-order valence-electron chi connectivity index (χ3n) is 5.75. The van der Waals surface area contributed by atoms with Crippen LogP contribution in [-0.4, -0.2) is 16.7 Å².